The van der Waals surface area contributed by atoms with E-state index in [1.807, 2.05) is 13.0 Å². The fourth-order valence-corrected chi connectivity index (χ4v) is 1.59. The lowest BCUT2D eigenvalue weighted by atomic mass is 10.1. The van der Waals surface area contributed by atoms with Crippen molar-refractivity contribution in [3.8, 4) is 0 Å². The Bertz CT molecular complexity index is 317. The first kappa shape index (κ1) is 10.3. The van der Waals surface area contributed by atoms with Crippen LogP contribution in [-0.2, 0) is 11.2 Å². The maximum absolute atomic E-state index is 10.6. The van der Waals surface area contributed by atoms with Crippen LogP contribution in [0.1, 0.15) is 18.2 Å². The van der Waals surface area contributed by atoms with Gasteiger partial charge in [-0.1, -0.05) is 6.92 Å². The van der Waals surface area contributed by atoms with Gasteiger partial charge in [-0.3, -0.25) is 4.79 Å². The van der Waals surface area contributed by atoms with E-state index >= 15 is 0 Å². The fourth-order valence-electron chi connectivity index (χ4n) is 1.05. The molecule has 0 aliphatic rings. The summed E-state index contributed by atoms with van der Waals surface area (Å²) in [5, 5.41) is 8.69. The smallest absolute Gasteiger partial charge is 0.306 e. The first-order valence-corrected chi connectivity index (χ1v) is 4.77. The first-order chi connectivity index (χ1) is 6.00. The topological polar surface area (TPSA) is 50.4 Å². The zero-order valence-electron chi connectivity index (χ0n) is 7.50. The number of halogens is 1. The van der Waals surface area contributed by atoms with Crippen LogP contribution < -0.4 is 0 Å². The van der Waals surface area contributed by atoms with Crippen molar-refractivity contribution in [2.24, 2.45) is 5.92 Å². The largest absolute Gasteiger partial charge is 0.481 e. The van der Waals surface area contributed by atoms with Crippen molar-refractivity contribution in [1.29, 1.82) is 0 Å². The van der Waals surface area contributed by atoms with Crippen LogP contribution in [-0.4, -0.2) is 11.1 Å². The van der Waals surface area contributed by atoms with Crippen LogP contribution in [0.4, 0.5) is 0 Å². The molecule has 4 heteroatoms. The number of carbonyl (C=O) groups is 1. The summed E-state index contributed by atoms with van der Waals surface area (Å²) in [5.41, 5.74) is 0.986. The van der Waals surface area contributed by atoms with E-state index in [0.717, 1.165) is 11.3 Å². The fraction of sp³-hybridized carbons (Fsp3) is 0.444. The number of furan rings is 1. The Labute approximate surface area is 84.9 Å². The van der Waals surface area contributed by atoms with Gasteiger partial charge in [0, 0.05) is 6.42 Å². The molecule has 0 aliphatic heterocycles. The van der Waals surface area contributed by atoms with Gasteiger partial charge in [-0.15, -0.1) is 0 Å². The number of rotatable bonds is 3. The van der Waals surface area contributed by atoms with E-state index in [1.54, 1.807) is 6.92 Å². The van der Waals surface area contributed by atoms with Gasteiger partial charge < -0.3 is 9.52 Å². The number of hydrogen-bond acceptors (Lipinski definition) is 2. The SMILES string of the molecule is Cc1cc(Br)oc1CC(C)C(=O)O. The van der Waals surface area contributed by atoms with Gasteiger partial charge in [0.05, 0.1) is 5.92 Å². The summed E-state index contributed by atoms with van der Waals surface area (Å²) in [6, 6.07) is 1.84. The monoisotopic (exact) mass is 246 g/mol. The van der Waals surface area contributed by atoms with E-state index in [4.69, 9.17) is 9.52 Å². The molecule has 1 aromatic rings. The van der Waals surface area contributed by atoms with Gasteiger partial charge in [-0.25, -0.2) is 0 Å². The van der Waals surface area contributed by atoms with E-state index in [1.165, 1.54) is 0 Å². The van der Waals surface area contributed by atoms with Crippen molar-refractivity contribution in [2.75, 3.05) is 0 Å². The molecule has 0 bridgehead atoms. The quantitative estimate of drug-likeness (QED) is 0.893. The summed E-state index contributed by atoms with van der Waals surface area (Å²) in [7, 11) is 0. The predicted octanol–water partition coefficient (Wildman–Crippen LogP) is 2.61. The molecule has 0 saturated carbocycles. The van der Waals surface area contributed by atoms with Crippen LogP contribution in [0.2, 0.25) is 0 Å². The molecule has 1 atom stereocenters. The number of aliphatic carboxylic acids is 1. The highest BCUT2D eigenvalue weighted by molar-refractivity contribution is 9.10. The maximum Gasteiger partial charge on any atom is 0.306 e. The predicted molar refractivity (Wildman–Crippen MR) is 51.6 cm³/mol. The molecule has 0 saturated heterocycles. The van der Waals surface area contributed by atoms with Crippen molar-refractivity contribution in [3.63, 3.8) is 0 Å². The van der Waals surface area contributed by atoms with Gasteiger partial charge in [0.1, 0.15) is 5.76 Å². The van der Waals surface area contributed by atoms with E-state index in [0.29, 0.717) is 11.1 Å². The Morgan fingerprint density at radius 3 is 2.77 bits per heavy atom. The normalized spacial score (nSPS) is 12.8. The molecule has 0 spiro atoms. The van der Waals surface area contributed by atoms with Crippen molar-refractivity contribution in [1.82, 2.24) is 0 Å². The van der Waals surface area contributed by atoms with Gasteiger partial charge in [0.2, 0.25) is 0 Å². The second-order valence-corrected chi connectivity index (χ2v) is 3.88. The first-order valence-electron chi connectivity index (χ1n) is 3.98. The lowest BCUT2D eigenvalue weighted by Crippen LogP contribution is -2.12. The molecule has 72 valence electrons. The molecule has 0 aromatic carbocycles. The second-order valence-electron chi connectivity index (χ2n) is 3.10. The number of aryl methyl sites for hydroxylation is 1. The zero-order valence-corrected chi connectivity index (χ0v) is 9.09. The number of carboxylic acids is 1. The van der Waals surface area contributed by atoms with Crippen molar-refractivity contribution >= 4 is 21.9 Å². The molecule has 0 amide bonds. The highest BCUT2D eigenvalue weighted by atomic mass is 79.9. The minimum atomic E-state index is -0.799. The highest BCUT2D eigenvalue weighted by Crippen LogP contribution is 2.22. The van der Waals surface area contributed by atoms with Crippen LogP contribution >= 0.6 is 15.9 Å². The summed E-state index contributed by atoms with van der Waals surface area (Å²) < 4.78 is 5.94. The van der Waals surface area contributed by atoms with Gasteiger partial charge >= 0.3 is 5.97 Å². The average Bonchev–Trinajstić information content (AvgIpc) is 2.30. The summed E-state index contributed by atoms with van der Waals surface area (Å²) in [4.78, 5) is 10.6. The minimum Gasteiger partial charge on any atom is -0.481 e. The van der Waals surface area contributed by atoms with E-state index in [-0.39, 0.29) is 0 Å². The molecule has 0 aliphatic carbocycles. The molecule has 0 radical (unpaired) electrons. The Balaban J connectivity index is 2.74. The Morgan fingerprint density at radius 2 is 2.38 bits per heavy atom. The van der Waals surface area contributed by atoms with E-state index in [9.17, 15) is 4.79 Å². The molecule has 1 unspecified atom stereocenters. The number of carboxylic acid groups (broad SMARTS) is 1. The minimum absolute atomic E-state index is 0.406. The number of hydrogen-bond donors (Lipinski definition) is 1. The van der Waals surface area contributed by atoms with Gasteiger partial charge in [-0.05, 0) is 34.5 Å². The summed E-state index contributed by atoms with van der Waals surface area (Å²) in [5.74, 6) is -0.467. The van der Waals surface area contributed by atoms with Gasteiger partial charge in [0.15, 0.2) is 4.67 Å². The summed E-state index contributed by atoms with van der Waals surface area (Å²) in [6.07, 6.45) is 0.437. The molecule has 3 nitrogen and oxygen atoms in total. The van der Waals surface area contributed by atoms with Crippen LogP contribution in [0, 0.1) is 12.8 Å². The van der Waals surface area contributed by atoms with Crippen molar-refractivity contribution in [2.45, 2.75) is 20.3 Å². The molecular weight excluding hydrogens is 236 g/mol. The van der Waals surface area contributed by atoms with Crippen LogP contribution in [0.3, 0.4) is 0 Å². The third-order valence-corrected chi connectivity index (χ3v) is 2.29. The molecule has 1 aromatic heterocycles. The molecule has 1 N–H and O–H groups in total. The standard InChI is InChI=1S/C9H11BrO3/c1-5-4-8(10)13-7(5)3-6(2)9(11)12/h4,6H,3H2,1-2H3,(H,11,12). The lowest BCUT2D eigenvalue weighted by Gasteiger charge is -2.03. The summed E-state index contributed by atoms with van der Waals surface area (Å²) in [6.45, 7) is 3.57. The average molecular weight is 247 g/mol. The zero-order chi connectivity index (χ0) is 10.0. The Hall–Kier alpha value is -0.770. The molecule has 1 heterocycles. The summed E-state index contributed by atoms with van der Waals surface area (Å²) >= 11 is 3.20. The van der Waals surface area contributed by atoms with Crippen LogP contribution in [0.5, 0.6) is 0 Å². The lowest BCUT2D eigenvalue weighted by molar-refractivity contribution is -0.141. The highest BCUT2D eigenvalue weighted by Gasteiger charge is 2.15. The Morgan fingerprint density at radius 1 is 1.77 bits per heavy atom. The van der Waals surface area contributed by atoms with Crippen LogP contribution in [0.15, 0.2) is 15.2 Å². The van der Waals surface area contributed by atoms with Gasteiger partial charge in [0.25, 0.3) is 0 Å². The maximum atomic E-state index is 10.6. The molecule has 1 rings (SSSR count). The van der Waals surface area contributed by atoms with Crippen molar-refractivity contribution < 1.29 is 14.3 Å². The van der Waals surface area contributed by atoms with Crippen LogP contribution in [0.25, 0.3) is 0 Å². The third-order valence-electron chi connectivity index (χ3n) is 1.90. The third kappa shape index (κ3) is 2.59. The molecule has 0 fully saturated rings. The second kappa shape index (κ2) is 3.96. The Kier molecular flexibility index (Phi) is 3.14. The van der Waals surface area contributed by atoms with E-state index < -0.39 is 11.9 Å². The van der Waals surface area contributed by atoms with Crippen molar-refractivity contribution in [3.05, 3.63) is 22.1 Å². The molecule has 13 heavy (non-hydrogen) atoms. The van der Waals surface area contributed by atoms with Gasteiger partial charge in [-0.2, -0.15) is 0 Å². The van der Waals surface area contributed by atoms with E-state index in [2.05, 4.69) is 15.9 Å². The molecular formula is C9H11BrO3.